The molecule has 33 heavy (non-hydrogen) atoms. The zero-order valence-electron chi connectivity index (χ0n) is 19.5. The number of nitrogens with zero attached hydrogens (tertiary/aromatic N) is 3. The third kappa shape index (κ3) is 3.98. The molecule has 3 aromatic rings. The lowest BCUT2D eigenvalue weighted by Gasteiger charge is -2.40. The van der Waals surface area contributed by atoms with Crippen LogP contribution in [0.3, 0.4) is 0 Å². The maximum absolute atomic E-state index is 10.1. The van der Waals surface area contributed by atoms with E-state index in [4.69, 9.17) is 26.3 Å². The van der Waals surface area contributed by atoms with Crippen LogP contribution < -0.4 is 9.64 Å². The topological polar surface area (TPSA) is 58.5 Å². The molecule has 6 heteroatoms. The van der Waals surface area contributed by atoms with Crippen molar-refractivity contribution < 1.29 is 9.84 Å². The van der Waals surface area contributed by atoms with Crippen LogP contribution in [0.4, 0.5) is 5.82 Å². The van der Waals surface area contributed by atoms with Crippen molar-refractivity contribution in [1.82, 2.24) is 9.97 Å². The number of halogens is 1. The number of methoxy groups -OCH3 is 1. The highest BCUT2D eigenvalue weighted by Crippen LogP contribution is 2.46. The van der Waals surface area contributed by atoms with Gasteiger partial charge in [0.2, 0.25) is 0 Å². The minimum absolute atomic E-state index is 0.147. The predicted molar refractivity (Wildman–Crippen MR) is 132 cm³/mol. The van der Waals surface area contributed by atoms with Crippen LogP contribution in [0.15, 0.2) is 36.4 Å². The summed E-state index contributed by atoms with van der Waals surface area (Å²) in [7, 11) is 1.73. The van der Waals surface area contributed by atoms with E-state index in [2.05, 4.69) is 23.1 Å². The molecule has 5 rings (SSSR count). The first-order valence-electron chi connectivity index (χ1n) is 11.6. The van der Waals surface area contributed by atoms with Crippen molar-refractivity contribution in [3.05, 3.63) is 69.5 Å². The van der Waals surface area contributed by atoms with Gasteiger partial charge in [0, 0.05) is 18.7 Å². The Morgan fingerprint density at radius 2 is 1.82 bits per heavy atom. The average Bonchev–Trinajstić information content (AvgIpc) is 3.18. The molecule has 0 saturated carbocycles. The normalized spacial score (nSPS) is 16.8. The summed E-state index contributed by atoms with van der Waals surface area (Å²) in [6, 6.07) is 12.4. The number of hydrogen-bond donors (Lipinski definition) is 1. The largest absolute Gasteiger partial charge is 0.497 e. The van der Waals surface area contributed by atoms with Gasteiger partial charge in [0.15, 0.2) is 5.82 Å². The fraction of sp³-hybridized carbons (Fsp3) is 0.407. The monoisotopic (exact) mass is 463 g/mol. The maximum Gasteiger partial charge on any atom is 0.153 e. The third-order valence-corrected chi connectivity index (χ3v) is 7.89. The van der Waals surface area contributed by atoms with Crippen molar-refractivity contribution in [2.24, 2.45) is 5.41 Å². The average molecular weight is 464 g/mol. The molecule has 1 N–H and O–H groups in total. The van der Waals surface area contributed by atoms with E-state index < -0.39 is 0 Å². The van der Waals surface area contributed by atoms with E-state index in [0.29, 0.717) is 16.1 Å². The van der Waals surface area contributed by atoms with Crippen molar-refractivity contribution in [1.29, 1.82) is 0 Å². The van der Waals surface area contributed by atoms with E-state index in [1.807, 2.05) is 32.0 Å². The highest BCUT2D eigenvalue weighted by molar-refractivity contribution is 6.34. The predicted octanol–water partition coefficient (Wildman–Crippen LogP) is 5.30. The van der Waals surface area contributed by atoms with Gasteiger partial charge in [0.05, 0.1) is 30.1 Å². The smallest absolute Gasteiger partial charge is 0.153 e. The van der Waals surface area contributed by atoms with Gasteiger partial charge in [0.1, 0.15) is 11.4 Å². The van der Waals surface area contributed by atoms with Crippen LogP contribution in [0.5, 0.6) is 5.75 Å². The molecule has 0 bridgehead atoms. The zero-order valence-corrected chi connectivity index (χ0v) is 20.2. The standard InChI is InChI=1S/C27H30ClN3O2/c1-17-5-4-6-22(24(17)28)25-18(2)29-26(23(16-32)30-25)31-11-9-27(10-12-31)14-19-7-8-21(33-3)13-20(19)15-27/h4-8,13,32H,9-12,14-16H2,1-3H3. The van der Waals surface area contributed by atoms with Gasteiger partial charge in [-0.1, -0.05) is 35.9 Å². The minimum Gasteiger partial charge on any atom is -0.497 e. The Labute approximate surface area is 200 Å². The van der Waals surface area contributed by atoms with E-state index in [9.17, 15) is 5.11 Å². The summed E-state index contributed by atoms with van der Waals surface area (Å²) in [6.45, 7) is 5.63. The molecule has 1 fully saturated rings. The lowest BCUT2D eigenvalue weighted by Crippen LogP contribution is -2.41. The molecule has 5 nitrogen and oxygen atoms in total. The molecule has 0 radical (unpaired) electrons. The van der Waals surface area contributed by atoms with Crippen LogP contribution in [-0.2, 0) is 19.4 Å². The maximum atomic E-state index is 10.1. The summed E-state index contributed by atoms with van der Waals surface area (Å²) in [5.74, 6) is 1.74. The van der Waals surface area contributed by atoms with Crippen LogP contribution >= 0.6 is 11.6 Å². The van der Waals surface area contributed by atoms with Gasteiger partial charge in [0.25, 0.3) is 0 Å². The lowest BCUT2D eigenvalue weighted by atomic mass is 9.76. The lowest BCUT2D eigenvalue weighted by molar-refractivity contribution is 0.230. The van der Waals surface area contributed by atoms with Crippen molar-refractivity contribution in [2.45, 2.75) is 46.1 Å². The fourth-order valence-corrected chi connectivity index (χ4v) is 5.69. The number of aliphatic hydroxyl groups excluding tert-OH is 1. The first kappa shape index (κ1) is 22.2. The Morgan fingerprint density at radius 1 is 1.06 bits per heavy atom. The van der Waals surface area contributed by atoms with Crippen molar-refractivity contribution >= 4 is 17.4 Å². The molecule has 0 unspecified atom stereocenters. The quantitative estimate of drug-likeness (QED) is 0.569. The van der Waals surface area contributed by atoms with E-state index in [1.54, 1.807) is 7.11 Å². The minimum atomic E-state index is -0.147. The van der Waals surface area contributed by atoms with E-state index in [-0.39, 0.29) is 6.61 Å². The molecule has 2 aliphatic rings. The number of fused-ring (bicyclic) bond motifs is 1. The van der Waals surface area contributed by atoms with Crippen molar-refractivity contribution in [3.8, 4) is 17.0 Å². The van der Waals surface area contributed by atoms with Crippen LogP contribution in [0, 0.1) is 19.3 Å². The molecular formula is C27H30ClN3O2. The van der Waals surface area contributed by atoms with Crippen molar-refractivity contribution in [2.75, 3.05) is 25.1 Å². The van der Waals surface area contributed by atoms with Gasteiger partial charge in [-0.2, -0.15) is 0 Å². The summed E-state index contributed by atoms with van der Waals surface area (Å²) >= 11 is 6.56. The highest BCUT2D eigenvalue weighted by Gasteiger charge is 2.40. The Balaban J connectivity index is 1.38. The molecule has 1 spiro atoms. The number of benzene rings is 2. The van der Waals surface area contributed by atoms with Gasteiger partial charge >= 0.3 is 0 Å². The Hall–Kier alpha value is -2.63. The molecule has 2 heterocycles. The summed E-state index contributed by atoms with van der Waals surface area (Å²) in [5, 5.41) is 10.8. The third-order valence-electron chi connectivity index (χ3n) is 7.39. The highest BCUT2D eigenvalue weighted by atomic mass is 35.5. The van der Waals surface area contributed by atoms with E-state index in [0.717, 1.165) is 72.9 Å². The second kappa shape index (κ2) is 8.62. The molecule has 1 aromatic heterocycles. The van der Waals surface area contributed by atoms with Crippen LogP contribution in [0.25, 0.3) is 11.3 Å². The molecule has 172 valence electrons. The second-order valence-corrected chi connectivity index (χ2v) is 9.88. The Kier molecular flexibility index (Phi) is 5.79. The molecule has 0 atom stereocenters. The van der Waals surface area contributed by atoms with Crippen molar-refractivity contribution in [3.63, 3.8) is 0 Å². The summed E-state index contributed by atoms with van der Waals surface area (Å²) < 4.78 is 5.43. The second-order valence-electron chi connectivity index (χ2n) is 9.50. The Morgan fingerprint density at radius 3 is 2.55 bits per heavy atom. The molecular weight excluding hydrogens is 434 g/mol. The van der Waals surface area contributed by atoms with Gasteiger partial charge < -0.3 is 14.7 Å². The SMILES string of the molecule is COc1ccc2c(c1)CC1(CCN(c3nc(C)c(-c4cccc(C)c4Cl)nc3CO)CC1)C2. The van der Waals surface area contributed by atoms with Gasteiger partial charge in [-0.25, -0.2) is 9.97 Å². The first-order valence-corrected chi connectivity index (χ1v) is 12.0. The molecule has 0 amide bonds. The van der Waals surface area contributed by atoms with Gasteiger partial charge in [-0.05, 0) is 73.8 Å². The zero-order chi connectivity index (χ0) is 23.2. The fourth-order valence-electron chi connectivity index (χ4n) is 5.47. The van der Waals surface area contributed by atoms with Crippen LogP contribution in [-0.4, -0.2) is 35.3 Å². The summed E-state index contributed by atoms with van der Waals surface area (Å²) in [6.07, 6.45) is 4.43. The molecule has 2 aromatic carbocycles. The number of anilines is 1. The summed E-state index contributed by atoms with van der Waals surface area (Å²) in [5.41, 5.74) is 7.23. The molecule has 1 aliphatic carbocycles. The number of aromatic nitrogens is 2. The van der Waals surface area contributed by atoms with Crippen LogP contribution in [0.2, 0.25) is 5.02 Å². The number of hydrogen-bond acceptors (Lipinski definition) is 5. The number of aryl methyl sites for hydroxylation is 2. The number of piperidine rings is 1. The summed E-state index contributed by atoms with van der Waals surface area (Å²) in [4.78, 5) is 12.0. The van der Waals surface area contributed by atoms with Gasteiger partial charge in [-0.15, -0.1) is 0 Å². The molecule has 1 saturated heterocycles. The Bertz CT molecular complexity index is 1200. The number of rotatable bonds is 4. The van der Waals surface area contributed by atoms with Gasteiger partial charge in [-0.3, -0.25) is 0 Å². The van der Waals surface area contributed by atoms with Crippen LogP contribution in [0.1, 0.15) is 40.9 Å². The number of aliphatic hydroxyl groups is 1. The molecule has 1 aliphatic heterocycles. The first-order chi connectivity index (χ1) is 15.9. The number of ether oxygens (including phenoxy) is 1. The van der Waals surface area contributed by atoms with E-state index in [1.165, 1.54) is 11.1 Å². The van der Waals surface area contributed by atoms with E-state index >= 15 is 0 Å².